The van der Waals surface area contributed by atoms with Crippen LogP contribution in [-0.4, -0.2) is 49.6 Å². The normalized spacial score (nSPS) is 33.4. The van der Waals surface area contributed by atoms with Crippen molar-refractivity contribution in [3.05, 3.63) is 0 Å². The van der Waals surface area contributed by atoms with Crippen molar-refractivity contribution in [3.8, 4) is 0 Å². The van der Waals surface area contributed by atoms with Crippen LogP contribution in [0.3, 0.4) is 0 Å². The van der Waals surface area contributed by atoms with Crippen LogP contribution in [0.1, 0.15) is 79.6 Å². The number of hydrogen-bond donors (Lipinski definition) is 1. The highest BCUT2D eigenvalue weighted by atomic mass is 28.4. The Balaban J connectivity index is 1.89. The van der Waals surface area contributed by atoms with Crippen LogP contribution >= 0.6 is 0 Å². The molecule has 1 N–H and O–H groups in total. The van der Waals surface area contributed by atoms with Gasteiger partial charge in [-0.05, 0) is 44.8 Å². The number of hydrogen-bond acceptors (Lipinski definition) is 5. The van der Waals surface area contributed by atoms with E-state index in [9.17, 15) is 9.59 Å². The zero-order valence-electron chi connectivity index (χ0n) is 19.2. The average molecular weight is 426 g/mol. The van der Waals surface area contributed by atoms with Crippen LogP contribution < -0.4 is 5.32 Å². The molecule has 0 unspecified atom stereocenters. The van der Waals surface area contributed by atoms with Gasteiger partial charge in [0.25, 0.3) is 5.91 Å². The van der Waals surface area contributed by atoms with Gasteiger partial charge in [-0.2, -0.15) is 0 Å². The molecule has 29 heavy (non-hydrogen) atoms. The first kappa shape index (κ1) is 22.9. The largest absolute Gasteiger partial charge is 0.402 e. The van der Waals surface area contributed by atoms with E-state index in [0.29, 0.717) is 6.42 Å². The molecule has 7 heteroatoms. The summed E-state index contributed by atoms with van der Waals surface area (Å²) in [7, 11) is -2.31. The Kier molecular flexibility index (Phi) is 6.11. The molecular formula is C22H39NO5Si. The van der Waals surface area contributed by atoms with Crippen LogP contribution in [0, 0.1) is 0 Å². The van der Waals surface area contributed by atoms with Gasteiger partial charge in [0.2, 0.25) is 0 Å². The fraction of sp³-hybridized carbons (Fsp3) is 0.909. The van der Waals surface area contributed by atoms with Crippen LogP contribution in [0.15, 0.2) is 0 Å². The van der Waals surface area contributed by atoms with Gasteiger partial charge in [-0.3, -0.25) is 9.59 Å². The minimum absolute atomic E-state index is 0.0542. The topological polar surface area (TPSA) is 73.9 Å². The van der Waals surface area contributed by atoms with Crippen molar-refractivity contribution >= 4 is 20.0 Å². The van der Waals surface area contributed by atoms with Crippen molar-refractivity contribution in [1.29, 1.82) is 0 Å². The maximum absolute atomic E-state index is 13.6. The monoisotopic (exact) mass is 425 g/mol. The molecule has 3 atom stereocenters. The second-order valence-electron chi connectivity index (χ2n) is 11.1. The third kappa shape index (κ3) is 4.78. The molecule has 0 bridgehead atoms. The summed E-state index contributed by atoms with van der Waals surface area (Å²) < 4.78 is 18.6. The molecular weight excluding hydrogens is 386 g/mol. The number of carbonyl (C=O) groups is 2. The lowest BCUT2D eigenvalue weighted by molar-refractivity contribution is -0.155. The minimum atomic E-state index is -2.31. The number of rotatable bonds is 4. The highest BCUT2D eigenvalue weighted by Crippen LogP contribution is 2.46. The Morgan fingerprint density at radius 2 is 1.76 bits per heavy atom. The van der Waals surface area contributed by atoms with Crippen LogP contribution in [0.25, 0.3) is 0 Å². The van der Waals surface area contributed by atoms with Gasteiger partial charge in [-0.15, -0.1) is 0 Å². The van der Waals surface area contributed by atoms with Crippen molar-refractivity contribution in [2.45, 2.75) is 127 Å². The molecule has 2 saturated carbocycles. The third-order valence-corrected chi connectivity index (χ3v) is 11.6. The molecule has 3 rings (SSSR count). The van der Waals surface area contributed by atoms with E-state index < -0.39 is 31.9 Å². The maximum Gasteiger partial charge on any atom is 0.251 e. The van der Waals surface area contributed by atoms with Crippen molar-refractivity contribution in [3.63, 3.8) is 0 Å². The van der Waals surface area contributed by atoms with E-state index in [2.05, 4.69) is 39.2 Å². The first-order valence-electron chi connectivity index (χ1n) is 11.1. The summed E-state index contributed by atoms with van der Waals surface area (Å²) >= 11 is 0. The highest BCUT2D eigenvalue weighted by molar-refractivity contribution is 6.74. The van der Waals surface area contributed by atoms with Crippen LogP contribution in [0.2, 0.25) is 18.1 Å². The van der Waals surface area contributed by atoms with Gasteiger partial charge in [-0.25, -0.2) is 0 Å². The zero-order valence-corrected chi connectivity index (χ0v) is 20.2. The lowest BCUT2D eigenvalue weighted by Gasteiger charge is -2.47. The lowest BCUT2D eigenvalue weighted by atomic mass is 9.79. The van der Waals surface area contributed by atoms with Crippen molar-refractivity contribution in [2.24, 2.45) is 0 Å². The molecule has 166 valence electrons. The summed E-state index contributed by atoms with van der Waals surface area (Å²) in [5.74, 6) is -1.06. The van der Waals surface area contributed by atoms with Gasteiger partial charge in [-0.1, -0.05) is 40.0 Å². The summed E-state index contributed by atoms with van der Waals surface area (Å²) in [6.45, 7) is 14.4. The molecule has 1 amide bonds. The number of ether oxygens (including phenoxy) is 2. The molecule has 1 heterocycles. The fourth-order valence-corrected chi connectivity index (χ4v) is 6.07. The Morgan fingerprint density at radius 3 is 2.34 bits per heavy atom. The standard InChI is InChI=1S/C22H39NO5Si/c1-20(2,3)29(6,7)28-22(19(25)23-15-11-9-8-10-12-15)13-16(24)18-17(14-22)26-21(4,5)27-18/h15,17-18H,8-14H2,1-7H3,(H,23,25)/t17-,18+,22-/m1/s1. The van der Waals surface area contributed by atoms with Gasteiger partial charge in [0.1, 0.15) is 11.7 Å². The molecule has 3 aliphatic rings. The number of fused-ring (bicyclic) bond motifs is 1. The van der Waals surface area contributed by atoms with Gasteiger partial charge >= 0.3 is 0 Å². The Labute approximate surface area is 176 Å². The Bertz CT molecular complexity index is 650. The van der Waals surface area contributed by atoms with E-state index in [0.717, 1.165) is 25.7 Å². The number of carbonyl (C=O) groups excluding carboxylic acids is 2. The first-order chi connectivity index (χ1) is 13.2. The molecule has 0 aromatic heterocycles. The van der Waals surface area contributed by atoms with E-state index in [1.165, 1.54) is 6.42 Å². The van der Waals surface area contributed by atoms with Crippen molar-refractivity contribution in [2.75, 3.05) is 0 Å². The lowest BCUT2D eigenvalue weighted by Crippen LogP contribution is -2.63. The molecule has 1 aliphatic heterocycles. The summed E-state index contributed by atoms with van der Waals surface area (Å²) in [5, 5.41) is 3.16. The van der Waals surface area contributed by atoms with Gasteiger partial charge in [0.05, 0.1) is 6.10 Å². The predicted octanol–water partition coefficient (Wildman–Crippen LogP) is 4.08. The van der Waals surface area contributed by atoms with Crippen LogP contribution in [-0.2, 0) is 23.5 Å². The van der Waals surface area contributed by atoms with Gasteiger partial charge in [0, 0.05) is 18.9 Å². The van der Waals surface area contributed by atoms with E-state index in [4.69, 9.17) is 13.9 Å². The van der Waals surface area contributed by atoms with Crippen LogP contribution in [0.4, 0.5) is 0 Å². The third-order valence-electron chi connectivity index (χ3n) is 7.10. The van der Waals surface area contributed by atoms with Crippen LogP contribution in [0.5, 0.6) is 0 Å². The average Bonchev–Trinajstić information content (AvgIpc) is 2.89. The zero-order chi connectivity index (χ0) is 21.7. The number of Topliss-reactive ketones (excluding diaryl/α,β-unsaturated/α-hetero) is 1. The quantitative estimate of drug-likeness (QED) is 0.687. The van der Waals surface area contributed by atoms with E-state index >= 15 is 0 Å². The van der Waals surface area contributed by atoms with E-state index in [1.54, 1.807) is 0 Å². The SMILES string of the molecule is CC1(C)O[C@@H]2C[C@@](O[Si](C)(C)C(C)(C)C)(C(=O)NC3CCCCC3)CC(=O)[C@@H]2O1. The first-order valence-corrected chi connectivity index (χ1v) is 14.1. The second-order valence-corrected chi connectivity index (χ2v) is 15.8. The molecule has 0 radical (unpaired) electrons. The second kappa shape index (κ2) is 7.73. The summed E-state index contributed by atoms with van der Waals surface area (Å²) in [6, 6.07) is 0.168. The fourth-order valence-electron chi connectivity index (χ4n) is 4.54. The highest BCUT2D eigenvalue weighted by Gasteiger charge is 2.59. The summed E-state index contributed by atoms with van der Waals surface area (Å²) in [4.78, 5) is 26.7. The van der Waals surface area contributed by atoms with Gasteiger partial charge in [0.15, 0.2) is 19.9 Å². The molecule has 6 nitrogen and oxygen atoms in total. The Morgan fingerprint density at radius 1 is 1.14 bits per heavy atom. The molecule has 0 aromatic rings. The van der Waals surface area contributed by atoms with E-state index in [-0.39, 0.29) is 29.2 Å². The minimum Gasteiger partial charge on any atom is -0.402 e. The molecule has 1 saturated heterocycles. The number of ketones is 1. The van der Waals surface area contributed by atoms with Crippen molar-refractivity contribution in [1.82, 2.24) is 5.32 Å². The molecule has 0 aromatic carbocycles. The van der Waals surface area contributed by atoms with Crippen molar-refractivity contribution < 1.29 is 23.5 Å². The predicted molar refractivity (Wildman–Crippen MR) is 114 cm³/mol. The maximum atomic E-state index is 13.6. The Hall–Kier alpha value is -0.763. The molecule has 2 aliphatic carbocycles. The molecule has 3 fully saturated rings. The van der Waals surface area contributed by atoms with E-state index in [1.807, 2.05) is 13.8 Å². The number of nitrogens with one attached hydrogen (secondary N) is 1. The molecule has 0 spiro atoms. The smallest absolute Gasteiger partial charge is 0.251 e. The summed E-state index contributed by atoms with van der Waals surface area (Å²) in [5.41, 5.74) is -1.18. The summed E-state index contributed by atoms with van der Waals surface area (Å²) in [6.07, 6.45) is 4.84. The van der Waals surface area contributed by atoms with Gasteiger partial charge < -0.3 is 19.2 Å². The number of amides is 1.